The Balaban J connectivity index is 2.03. The van der Waals surface area contributed by atoms with E-state index < -0.39 is 0 Å². The zero-order chi connectivity index (χ0) is 16.8. The van der Waals surface area contributed by atoms with Gasteiger partial charge in [-0.15, -0.1) is 0 Å². The average Bonchev–Trinajstić information content (AvgIpc) is 3.15. The van der Waals surface area contributed by atoms with Crippen LogP contribution in [-0.4, -0.2) is 31.4 Å². The van der Waals surface area contributed by atoms with E-state index in [1.165, 1.54) is 10.9 Å². The van der Waals surface area contributed by atoms with Crippen LogP contribution in [0.2, 0.25) is 0 Å². The molecular formula is C18H20N6. The standard InChI is InChI=1S/C18H20N6/c1-11(2)24-18-15(17(19-3)20-10-21-18)16(22-24)13-5-6-14-12(9-13)7-8-23(14)4/h5-11H,1-4H3,(H,19,20,21). The largest absolute Gasteiger partial charge is 0.372 e. The summed E-state index contributed by atoms with van der Waals surface area (Å²) in [5, 5.41) is 10.2. The van der Waals surface area contributed by atoms with Crippen molar-refractivity contribution >= 4 is 27.8 Å². The van der Waals surface area contributed by atoms with Crippen LogP contribution >= 0.6 is 0 Å². The van der Waals surface area contributed by atoms with Crippen LogP contribution in [0.5, 0.6) is 0 Å². The molecular weight excluding hydrogens is 300 g/mol. The molecule has 4 rings (SSSR count). The number of hydrogen-bond acceptors (Lipinski definition) is 4. The lowest BCUT2D eigenvalue weighted by Crippen LogP contribution is -2.04. The zero-order valence-electron chi connectivity index (χ0n) is 14.3. The Morgan fingerprint density at radius 1 is 1.12 bits per heavy atom. The number of nitrogens with zero attached hydrogens (tertiary/aromatic N) is 5. The highest BCUT2D eigenvalue weighted by atomic mass is 15.3. The van der Waals surface area contributed by atoms with E-state index >= 15 is 0 Å². The molecule has 0 atom stereocenters. The molecule has 6 nitrogen and oxygen atoms in total. The summed E-state index contributed by atoms with van der Waals surface area (Å²) in [5.74, 6) is 0.801. The highest BCUT2D eigenvalue weighted by Gasteiger charge is 2.19. The molecule has 4 aromatic rings. The van der Waals surface area contributed by atoms with Crippen LogP contribution in [0, 0.1) is 0 Å². The molecule has 0 saturated heterocycles. The van der Waals surface area contributed by atoms with Crippen molar-refractivity contribution in [2.45, 2.75) is 19.9 Å². The first kappa shape index (κ1) is 14.7. The lowest BCUT2D eigenvalue weighted by molar-refractivity contribution is 0.548. The smallest absolute Gasteiger partial charge is 0.164 e. The number of aryl methyl sites for hydroxylation is 1. The Kier molecular flexibility index (Phi) is 3.26. The van der Waals surface area contributed by atoms with Crippen molar-refractivity contribution in [2.24, 2.45) is 7.05 Å². The number of anilines is 1. The Bertz CT molecular complexity index is 1040. The molecule has 0 fully saturated rings. The first-order valence-electron chi connectivity index (χ1n) is 8.06. The van der Waals surface area contributed by atoms with Gasteiger partial charge >= 0.3 is 0 Å². The number of aromatic nitrogens is 5. The van der Waals surface area contributed by atoms with Gasteiger partial charge in [-0.1, -0.05) is 6.07 Å². The predicted molar refractivity (Wildman–Crippen MR) is 97.2 cm³/mol. The Labute approximate surface area is 140 Å². The van der Waals surface area contributed by atoms with Crippen LogP contribution in [0.4, 0.5) is 5.82 Å². The SMILES string of the molecule is CNc1ncnc2c1c(-c1ccc3c(ccn3C)c1)nn2C(C)C. The third kappa shape index (κ3) is 2.06. The van der Waals surface area contributed by atoms with E-state index in [1.54, 1.807) is 6.33 Å². The van der Waals surface area contributed by atoms with Gasteiger partial charge in [-0.3, -0.25) is 0 Å². The molecule has 0 amide bonds. The summed E-state index contributed by atoms with van der Waals surface area (Å²) in [6.07, 6.45) is 3.65. The third-order valence-electron chi connectivity index (χ3n) is 4.37. The Hall–Kier alpha value is -2.89. The van der Waals surface area contributed by atoms with E-state index in [-0.39, 0.29) is 6.04 Å². The van der Waals surface area contributed by atoms with Crippen LogP contribution in [0.25, 0.3) is 33.2 Å². The zero-order valence-corrected chi connectivity index (χ0v) is 14.3. The summed E-state index contributed by atoms with van der Waals surface area (Å²) in [7, 11) is 3.93. The van der Waals surface area contributed by atoms with Crippen LogP contribution in [0.3, 0.4) is 0 Å². The molecule has 0 saturated carbocycles. The molecule has 122 valence electrons. The van der Waals surface area contributed by atoms with Crippen LogP contribution in [0.1, 0.15) is 19.9 Å². The van der Waals surface area contributed by atoms with Gasteiger partial charge in [0.05, 0.1) is 5.39 Å². The molecule has 0 aliphatic rings. The van der Waals surface area contributed by atoms with Gasteiger partial charge in [0.15, 0.2) is 5.65 Å². The van der Waals surface area contributed by atoms with E-state index in [1.807, 2.05) is 11.7 Å². The Morgan fingerprint density at radius 2 is 1.96 bits per heavy atom. The maximum Gasteiger partial charge on any atom is 0.164 e. The fourth-order valence-corrected chi connectivity index (χ4v) is 3.15. The van der Waals surface area contributed by atoms with Gasteiger partial charge in [0.25, 0.3) is 0 Å². The van der Waals surface area contributed by atoms with E-state index in [4.69, 9.17) is 5.10 Å². The molecule has 0 spiro atoms. The minimum absolute atomic E-state index is 0.223. The molecule has 0 aliphatic carbocycles. The van der Waals surface area contributed by atoms with E-state index in [0.29, 0.717) is 0 Å². The van der Waals surface area contributed by atoms with Crippen molar-refractivity contribution in [1.82, 2.24) is 24.3 Å². The minimum Gasteiger partial charge on any atom is -0.372 e. The molecule has 0 radical (unpaired) electrons. The summed E-state index contributed by atoms with van der Waals surface area (Å²) in [5.41, 5.74) is 4.04. The average molecular weight is 320 g/mol. The van der Waals surface area contributed by atoms with Crippen molar-refractivity contribution < 1.29 is 0 Å². The minimum atomic E-state index is 0.223. The second-order valence-corrected chi connectivity index (χ2v) is 6.26. The third-order valence-corrected chi connectivity index (χ3v) is 4.37. The maximum absolute atomic E-state index is 4.85. The second kappa shape index (κ2) is 5.33. The Morgan fingerprint density at radius 3 is 2.71 bits per heavy atom. The quantitative estimate of drug-likeness (QED) is 0.626. The normalized spacial score (nSPS) is 11.7. The van der Waals surface area contributed by atoms with Gasteiger partial charge in [0.2, 0.25) is 0 Å². The van der Waals surface area contributed by atoms with Gasteiger partial charge in [0.1, 0.15) is 17.8 Å². The molecule has 0 aliphatic heterocycles. The van der Waals surface area contributed by atoms with E-state index in [9.17, 15) is 0 Å². The first-order valence-corrected chi connectivity index (χ1v) is 8.06. The highest BCUT2D eigenvalue weighted by Crippen LogP contribution is 2.34. The molecule has 0 unspecified atom stereocenters. The van der Waals surface area contributed by atoms with Crippen LogP contribution in [0.15, 0.2) is 36.8 Å². The van der Waals surface area contributed by atoms with Crippen LogP contribution < -0.4 is 5.32 Å². The van der Waals surface area contributed by atoms with Gasteiger partial charge in [-0.05, 0) is 32.0 Å². The highest BCUT2D eigenvalue weighted by molar-refractivity contribution is 6.00. The molecule has 1 aromatic carbocycles. The lowest BCUT2D eigenvalue weighted by Gasteiger charge is -2.06. The number of nitrogens with one attached hydrogen (secondary N) is 1. The van der Waals surface area contributed by atoms with Gasteiger partial charge in [-0.2, -0.15) is 5.10 Å². The molecule has 1 N–H and O–H groups in total. The van der Waals surface area contributed by atoms with Crippen molar-refractivity contribution in [1.29, 1.82) is 0 Å². The number of hydrogen-bond donors (Lipinski definition) is 1. The van der Waals surface area contributed by atoms with E-state index in [2.05, 4.69) is 71.2 Å². The fourth-order valence-electron chi connectivity index (χ4n) is 3.15. The van der Waals surface area contributed by atoms with Gasteiger partial charge in [-0.25, -0.2) is 14.6 Å². The number of fused-ring (bicyclic) bond motifs is 2. The summed E-state index contributed by atoms with van der Waals surface area (Å²) in [6, 6.07) is 8.76. The maximum atomic E-state index is 4.85. The second-order valence-electron chi connectivity index (χ2n) is 6.26. The molecule has 3 heterocycles. The summed E-state index contributed by atoms with van der Waals surface area (Å²) in [6.45, 7) is 4.22. The van der Waals surface area contributed by atoms with Crippen molar-refractivity contribution in [2.75, 3.05) is 12.4 Å². The summed E-state index contributed by atoms with van der Waals surface area (Å²) < 4.78 is 4.08. The molecule has 0 bridgehead atoms. The molecule has 6 heteroatoms. The predicted octanol–water partition coefficient (Wildman–Crippen LogP) is 3.61. The summed E-state index contributed by atoms with van der Waals surface area (Å²) in [4.78, 5) is 8.84. The van der Waals surface area contributed by atoms with Crippen molar-refractivity contribution in [3.63, 3.8) is 0 Å². The first-order chi connectivity index (χ1) is 11.6. The lowest BCUT2D eigenvalue weighted by atomic mass is 10.1. The van der Waals surface area contributed by atoms with Crippen molar-refractivity contribution in [3.8, 4) is 11.3 Å². The van der Waals surface area contributed by atoms with Gasteiger partial charge < -0.3 is 9.88 Å². The summed E-state index contributed by atoms with van der Waals surface area (Å²) >= 11 is 0. The molecule has 3 aromatic heterocycles. The molecule has 24 heavy (non-hydrogen) atoms. The van der Waals surface area contributed by atoms with Crippen LogP contribution in [-0.2, 0) is 7.05 Å². The fraction of sp³-hybridized carbons (Fsp3) is 0.278. The monoisotopic (exact) mass is 320 g/mol. The van der Waals surface area contributed by atoms with Gasteiger partial charge in [0, 0.05) is 42.8 Å². The number of rotatable bonds is 3. The van der Waals surface area contributed by atoms with Crippen molar-refractivity contribution in [3.05, 3.63) is 36.8 Å². The van der Waals surface area contributed by atoms with E-state index in [0.717, 1.165) is 28.1 Å². The number of benzene rings is 1. The topological polar surface area (TPSA) is 60.6 Å².